The molecule has 3 aromatic rings. The molecule has 1 aliphatic rings. The van der Waals surface area contributed by atoms with Gasteiger partial charge in [0.1, 0.15) is 5.01 Å². The molecule has 2 N–H and O–H groups in total. The average molecular weight is 337 g/mol. The number of anilines is 1. The third-order valence-corrected chi connectivity index (χ3v) is 5.55. The number of hydrogen-bond donors (Lipinski definition) is 1. The van der Waals surface area contributed by atoms with Gasteiger partial charge in [-0.2, -0.15) is 0 Å². The Kier molecular flexibility index (Phi) is 3.73. The highest BCUT2D eigenvalue weighted by Crippen LogP contribution is 2.32. The van der Waals surface area contributed by atoms with E-state index in [1.807, 2.05) is 12.1 Å². The second kappa shape index (κ2) is 5.91. The molecule has 1 aromatic heterocycles. The minimum absolute atomic E-state index is 0.343. The van der Waals surface area contributed by atoms with Gasteiger partial charge in [0.25, 0.3) is 0 Å². The molecule has 4 nitrogen and oxygen atoms in total. The van der Waals surface area contributed by atoms with Gasteiger partial charge in [0.05, 0.1) is 16.8 Å². The van der Waals surface area contributed by atoms with Crippen molar-refractivity contribution in [3.63, 3.8) is 0 Å². The van der Waals surface area contributed by atoms with Crippen LogP contribution in [0.3, 0.4) is 0 Å². The maximum absolute atomic E-state index is 11.7. The smallest absolute Gasteiger partial charge is 0.249 e. The number of aryl methyl sites for hydroxylation is 1. The number of rotatable bonds is 3. The Labute approximate surface area is 144 Å². The minimum Gasteiger partial charge on any atom is -0.366 e. The molecule has 122 valence electrons. The van der Waals surface area contributed by atoms with Crippen LogP contribution in [0.15, 0.2) is 36.4 Å². The molecule has 0 spiro atoms. The molecule has 1 amide bonds. The third-order valence-electron chi connectivity index (χ3n) is 4.53. The first kappa shape index (κ1) is 15.1. The van der Waals surface area contributed by atoms with E-state index < -0.39 is 0 Å². The van der Waals surface area contributed by atoms with Crippen molar-refractivity contribution in [2.75, 3.05) is 11.4 Å². The van der Waals surface area contributed by atoms with Gasteiger partial charge in [0.15, 0.2) is 0 Å². The van der Waals surface area contributed by atoms with E-state index in [1.54, 1.807) is 11.3 Å². The number of carbonyl (C=O) groups excluding carboxylic acids is 1. The summed E-state index contributed by atoms with van der Waals surface area (Å²) in [7, 11) is 0. The van der Waals surface area contributed by atoms with Crippen molar-refractivity contribution in [3.8, 4) is 0 Å². The molecule has 1 aliphatic heterocycles. The summed E-state index contributed by atoms with van der Waals surface area (Å²) in [5.41, 5.74) is 10.7. The molecule has 2 aromatic carbocycles. The molecule has 24 heavy (non-hydrogen) atoms. The van der Waals surface area contributed by atoms with Crippen LogP contribution < -0.4 is 10.6 Å². The van der Waals surface area contributed by atoms with Crippen LogP contribution in [0, 0.1) is 6.92 Å². The quantitative estimate of drug-likeness (QED) is 0.793. The molecule has 0 saturated heterocycles. The van der Waals surface area contributed by atoms with Crippen LogP contribution in [-0.4, -0.2) is 17.4 Å². The SMILES string of the molecule is Cc1ccc2sc(CN3CCCc4c(C(N)=O)cccc43)nc2c1. The van der Waals surface area contributed by atoms with Crippen molar-refractivity contribution in [2.45, 2.75) is 26.3 Å². The number of carbonyl (C=O) groups is 1. The number of nitrogens with zero attached hydrogens (tertiary/aromatic N) is 2. The zero-order valence-corrected chi connectivity index (χ0v) is 14.4. The number of nitrogens with two attached hydrogens (primary N) is 1. The fourth-order valence-electron chi connectivity index (χ4n) is 3.41. The van der Waals surface area contributed by atoms with Crippen molar-refractivity contribution in [1.82, 2.24) is 4.98 Å². The average Bonchev–Trinajstić information content (AvgIpc) is 2.96. The molecule has 0 atom stereocenters. The molecule has 0 aliphatic carbocycles. The van der Waals surface area contributed by atoms with E-state index in [1.165, 1.54) is 10.3 Å². The van der Waals surface area contributed by atoms with E-state index in [9.17, 15) is 4.79 Å². The molecular weight excluding hydrogens is 318 g/mol. The Hall–Kier alpha value is -2.40. The van der Waals surface area contributed by atoms with Gasteiger partial charge in [0, 0.05) is 17.8 Å². The lowest BCUT2D eigenvalue weighted by molar-refractivity contribution is 0.0999. The van der Waals surface area contributed by atoms with E-state index in [0.717, 1.165) is 47.7 Å². The zero-order valence-electron chi connectivity index (χ0n) is 13.6. The van der Waals surface area contributed by atoms with E-state index >= 15 is 0 Å². The molecule has 4 rings (SSSR count). The monoisotopic (exact) mass is 337 g/mol. The Morgan fingerprint density at radius 2 is 2.21 bits per heavy atom. The standard InChI is InChI=1S/C19H19N3OS/c1-12-7-8-17-15(10-12)21-18(24-17)11-22-9-3-5-13-14(19(20)23)4-2-6-16(13)22/h2,4,6-8,10H,3,5,9,11H2,1H3,(H2,20,23). The summed E-state index contributed by atoms with van der Waals surface area (Å²) in [6.07, 6.45) is 1.94. The summed E-state index contributed by atoms with van der Waals surface area (Å²) in [6, 6.07) is 12.2. The number of aromatic nitrogens is 1. The van der Waals surface area contributed by atoms with Gasteiger partial charge in [-0.25, -0.2) is 4.98 Å². The topological polar surface area (TPSA) is 59.2 Å². The molecular formula is C19H19N3OS. The van der Waals surface area contributed by atoms with Gasteiger partial charge < -0.3 is 10.6 Å². The first-order valence-corrected chi connectivity index (χ1v) is 8.96. The van der Waals surface area contributed by atoms with Crippen molar-refractivity contribution < 1.29 is 4.79 Å². The summed E-state index contributed by atoms with van der Waals surface area (Å²) >= 11 is 1.74. The van der Waals surface area contributed by atoms with Crippen LogP contribution in [0.4, 0.5) is 5.69 Å². The van der Waals surface area contributed by atoms with E-state index in [2.05, 4.69) is 36.1 Å². The van der Waals surface area contributed by atoms with E-state index in [4.69, 9.17) is 10.7 Å². The van der Waals surface area contributed by atoms with Crippen LogP contribution in [-0.2, 0) is 13.0 Å². The summed E-state index contributed by atoms with van der Waals surface area (Å²) in [5.74, 6) is -0.343. The normalized spacial score (nSPS) is 14.0. The minimum atomic E-state index is -0.343. The second-order valence-electron chi connectivity index (χ2n) is 6.27. The van der Waals surface area contributed by atoms with Crippen LogP contribution in [0.5, 0.6) is 0 Å². The van der Waals surface area contributed by atoms with Gasteiger partial charge in [-0.1, -0.05) is 12.1 Å². The van der Waals surface area contributed by atoms with E-state index in [-0.39, 0.29) is 5.91 Å². The first-order valence-electron chi connectivity index (χ1n) is 8.14. The highest BCUT2D eigenvalue weighted by molar-refractivity contribution is 7.18. The van der Waals surface area contributed by atoms with Crippen molar-refractivity contribution in [1.29, 1.82) is 0 Å². The van der Waals surface area contributed by atoms with Crippen molar-refractivity contribution >= 4 is 33.1 Å². The van der Waals surface area contributed by atoms with E-state index in [0.29, 0.717) is 5.56 Å². The first-order chi connectivity index (χ1) is 11.6. The molecule has 5 heteroatoms. The Balaban J connectivity index is 1.68. The highest BCUT2D eigenvalue weighted by Gasteiger charge is 2.22. The lowest BCUT2D eigenvalue weighted by Gasteiger charge is -2.31. The van der Waals surface area contributed by atoms with Gasteiger partial charge in [-0.15, -0.1) is 11.3 Å². The Morgan fingerprint density at radius 1 is 1.33 bits per heavy atom. The molecule has 0 unspecified atom stereocenters. The maximum Gasteiger partial charge on any atom is 0.249 e. The van der Waals surface area contributed by atoms with Gasteiger partial charge in [0.2, 0.25) is 5.91 Å². The van der Waals surface area contributed by atoms with Crippen LogP contribution in [0.25, 0.3) is 10.2 Å². The maximum atomic E-state index is 11.7. The zero-order chi connectivity index (χ0) is 16.7. The number of fused-ring (bicyclic) bond motifs is 2. The Morgan fingerprint density at radius 3 is 3.04 bits per heavy atom. The number of benzene rings is 2. The molecule has 0 radical (unpaired) electrons. The van der Waals surface area contributed by atoms with Gasteiger partial charge in [-0.05, 0) is 55.2 Å². The summed E-state index contributed by atoms with van der Waals surface area (Å²) in [4.78, 5) is 18.8. The fraction of sp³-hybridized carbons (Fsp3) is 0.263. The molecule has 2 heterocycles. The van der Waals surface area contributed by atoms with Crippen molar-refractivity contribution in [3.05, 3.63) is 58.1 Å². The van der Waals surface area contributed by atoms with Crippen LogP contribution in [0.1, 0.15) is 32.9 Å². The van der Waals surface area contributed by atoms with Gasteiger partial charge in [-0.3, -0.25) is 4.79 Å². The second-order valence-corrected chi connectivity index (χ2v) is 7.39. The third kappa shape index (κ3) is 2.65. The number of primary amides is 1. The molecule has 0 saturated carbocycles. The van der Waals surface area contributed by atoms with Gasteiger partial charge >= 0.3 is 0 Å². The molecule has 0 bridgehead atoms. The Bertz CT molecular complexity index is 932. The lowest BCUT2D eigenvalue weighted by Crippen LogP contribution is -2.30. The largest absolute Gasteiger partial charge is 0.366 e. The predicted octanol–water partition coefficient (Wildman–Crippen LogP) is 3.66. The summed E-state index contributed by atoms with van der Waals surface area (Å²) in [5, 5.41) is 1.10. The number of amides is 1. The number of thiazole rings is 1. The summed E-state index contributed by atoms with van der Waals surface area (Å²) < 4.78 is 1.22. The predicted molar refractivity (Wildman–Crippen MR) is 98.7 cm³/mol. The van der Waals surface area contributed by atoms with Crippen molar-refractivity contribution in [2.24, 2.45) is 5.73 Å². The number of hydrogen-bond acceptors (Lipinski definition) is 4. The van der Waals surface area contributed by atoms with Crippen LogP contribution in [0.2, 0.25) is 0 Å². The molecule has 0 fully saturated rings. The fourth-order valence-corrected chi connectivity index (χ4v) is 4.38. The highest BCUT2D eigenvalue weighted by atomic mass is 32.1. The lowest BCUT2D eigenvalue weighted by atomic mass is 9.96. The van der Waals surface area contributed by atoms with Crippen LogP contribution >= 0.6 is 11.3 Å². The summed E-state index contributed by atoms with van der Waals surface area (Å²) in [6.45, 7) is 3.84.